The fourth-order valence-electron chi connectivity index (χ4n) is 3.83. The van der Waals surface area contributed by atoms with Crippen molar-refractivity contribution in [2.45, 2.75) is 19.3 Å². The number of para-hydroxylation sites is 1. The van der Waals surface area contributed by atoms with Gasteiger partial charge < -0.3 is 5.32 Å². The van der Waals surface area contributed by atoms with Crippen LogP contribution in [0.25, 0.3) is 21.6 Å². The molecule has 8 heteroatoms. The van der Waals surface area contributed by atoms with Crippen molar-refractivity contribution >= 4 is 22.9 Å². The van der Waals surface area contributed by atoms with Crippen molar-refractivity contribution in [3.63, 3.8) is 0 Å². The van der Waals surface area contributed by atoms with Crippen molar-refractivity contribution in [3.8, 4) is 21.6 Å². The number of halogens is 3. The molecular weight excluding hydrogens is 435 g/mol. The topological polar surface area (TPSA) is 54.9 Å². The molecule has 0 fully saturated rings. The number of nitrogens with one attached hydrogen (secondary N) is 1. The number of hydrogen-bond acceptors (Lipinski definition) is 4. The van der Waals surface area contributed by atoms with Crippen LogP contribution >= 0.6 is 11.3 Å². The van der Waals surface area contributed by atoms with Crippen molar-refractivity contribution in [3.05, 3.63) is 88.6 Å². The van der Waals surface area contributed by atoms with E-state index in [9.17, 15) is 18.0 Å². The minimum Gasteiger partial charge on any atom is -0.315 e. The second-order valence-electron chi connectivity index (χ2n) is 7.41. The molecule has 2 aromatic carbocycles. The van der Waals surface area contributed by atoms with Gasteiger partial charge >= 0.3 is 0 Å². The maximum absolute atomic E-state index is 14.2. The highest BCUT2D eigenvalue weighted by Gasteiger charge is 2.24. The van der Waals surface area contributed by atoms with Crippen LogP contribution in [0.2, 0.25) is 0 Å². The Morgan fingerprint density at radius 2 is 1.78 bits per heavy atom. The summed E-state index contributed by atoms with van der Waals surface area (Å²) in [5.41, 5.74) is 3.27. The number of carbonyl (C=O) groups excluding carboxylic acids is 1. The molecule has 4 nitrogen and oxygen atoms in total. The normalized spacial score (nSPS) is 12.6. The molecule has 0 radical (unpaired) electrons. The quantitative estimate of drug-likeness (QED) is 0.387. The van der Waals surface area contributed by atoms with Gasteiger partial charge in [-0.2, -0.15) is 4.39 Å². The minimum absolute atomic E-state index is 0.114. The van der Waals surface area contributed by atoms with Crippen LogP contribution in [0, 0.1) is 17.6 Å². The molecule has 1 amide bonds. The fourth-order valence-corrected chi connectivity index (χ4v) is 4.89. The number of pyridine rings is 1. The number of rotatable bonds is 3. The Morgan fingerprint density at radius 1 is 0.969 bits per heavy atom. The van der Waals surface area contributed by atoms with Gasteiger partial charge in [0, 0.05) is 11.8 Å². The van der Waals surface area contributed by atoms with E-state index in [1.54, 1.807) is 12.1 Å². The third-order valence-corrected chi connectivity index (χ3v) is 6.51. The Labute approximate surface area is 185 Å². The molecule has 0 saturated carbocycles. The van der Waals surface area contributed by atoms with E-state index in [1.807, 2.05) is 18.2 Å². The van der Waals surface area contributed by atoms with Crippen LogP contribution in [0.3, 0.4) is 0 Å². The van der Waals surface area contributed by atoms with Crippen LogP contribution in [0.4, 0.5) is 18.9 Å². The largest absolute Gasteiger partial charge is 0.315 e. The number of amides is 1. The molecular formula is C24H16F3N3OS. The summed E-state index contributed by atoms with van der Waals surface area (Å²) in [6, 6.07) is 12.4. The van der Waals surface area contributed by atoms with E-state index < -0.39 is 29.2 Å². The molecule has 1 N–H and O–H groups in total. The summed E-state index contributed by atoms with van der Waals surface area (Å²) in [4.78, 5) is 21.7. The number of carbonyl (C=O) groups is 1. The van der Waals surface area contributed by atoms with Gasteiger partial charge in [0.15, 0.2) is 5.01 Å². The Kier molecular flexibility index (Phi) is 5.22. The van der Waals surface area contributed by atoms with E-state index in [0.29, 0.717) is 17.5 Å². The van der Waals surface area contributed by atoms with Gasteiger partial charge in [0.25, 0.3) is 5.91 Å². The number of aromatic nitrogens is 2. The summed E-state index contributed by atoms with van der Waals surface area (Å²) in [5.74, 6) is -2.95. The maximum Gasteiger partial charge on any atom is 0.284 e. The number of anilines is 1. The Hall–Kier alpha value is -3.52. The Bertz CT molecular complexity index is 1330. The number of benzene rings is 2. The lowest BCUT2D eigenvalue weighted by Gasteiger charge is -2.09. The first-order valence-electron chi connectivity index (χ1n) is 10.0. The second kappa shape index (κ2) is 8.20. The lowest BCUT2D eigenvalue weighted by molar-refractivity contribution is 0.102. The molecule has 0 aliphatic heterocycles. The maximum atomic E-state index is 14.2. The first kappa shape index (κ1) is 20.4. The van der Waals surface area contributed by atoms with Gasteiger partial charge in [-0.3, -0.25) is 4.79 Å². The summed E-state index contributed by atoms with van der Waals surface area (Å²) in [6.45, 7) is 0. The molecule has 1 aliphatic rings. The SMILES string of the molecule is O=C(Nc1c(F)cccc1F)c1nc2c(s1)-c1cc(-c3cccnc3F)ccc1CCC2. The molecule has 5 rings (SSSR count). The zero-order valence-electron chi connectivity index (χ0n) is 16.7. The summed E-state index contributed by atoms with van der Waals surface area (Å²) in [7, 11) is 0. The van der Waals surface area contributed by atoms with Gasteiger partial charge in [-0.15, -0.1) is 11.3 Å². The fraction of sp³-hybridized carbons (Fsp3) is 0.125. The number of aryl methyl sites for hydroxylation is 2. The Balaban J connectivity index is 1.54. The molecule has 32 heavy (non-hydrogen) atoms. The van der Waals surface area contributed by atoms with E-state index in [0.717, 1.165) is 58.0 Å². The summed E-state index contributed by atoms with van der Waals surface area (Å²) in [5, 5.41) is 2.40. The number of hydrogen-bond donors (Lipinski definition) is 1. The predicted octanol–water partition coefficient (Wildman–Crippen LogP) is 6.03. The van der Waals surface area contributed by atoms with Crippen LogP contribution in [-0.2, 0) is 12.8 Å². The summed E-state index contributed by atoms with van der Waals surface area (Å²) in [6.07, 6.45) is 3.73. The molecule has 160 valence electrons. The smallest absolute Gasteiger partial charge is 0.284 e. The molecule has 0 spiro atoms. The zero-order chi connectivity index (χ0) is 22.2. The zero-order valence-corrected chi connectivity index (χ0v) is 17.5. The van der Waals surface area contributed by atoms with Crippen molar-refractivity contribution in [1.82, 2.24) is 9.97 Å². The Morgan fingerprint density at radius 3 is 2.56 bits per heavy atom. The lowest BCUT2D eigenvalue weighted by atomic mass is 9.98. The number of fused-ring (bicyclic) bond motifs is 3. The molecule has 2 aromatic heterocycles. The first-order chi connectivity index (χ1) is 15.5. The molecule has 0 atom stereocenters. The van der Waals surface area contributed by atoms with Gasteiger partial charge in [0.2, 0.25) is 5.95 Å². The van der Waals surface area contributed by atoms with E-state index in [2.05, 4.69) is 15.3 Å². The molecule has 4 aromatic rings. The number of thiazole rings is 1. The molecule has 0 saturated heterocycles. The standard InChI is InChI=1S/C24H16F3N3OS/c25-17-6-2-7-18(26)20(17)30-23(31)24-29-19-8-1-4-13-9-10-14(12-16(13)21(19)32-24)15-5-3-11-28-22(15)27/h2-3,5-7,9-12H,1,4,8H2,(H,30,31). The van der Waals surface area contributed by atoms with Gasteiger partial charge in [-0.1, -0.05) is 18.2 Å². The average Bonchev–Trinajstić information content (AvgIpc) is 3.13. The molecule has 2 heterocycles. The minimum atomic E-state index is -0.857. The van der Waals surface area contributed by atoms with Crippen LogP contribution in [-0.4, -0.2) is 15.9 Å². The van der Waals surface area contributed by atoms with Crippen molar-refractivity contribution < 1.29 is 18.0 Å². The lowest BCUT2D eigenvalue weighted by Crippen LogP contribution is -2.14. The van der Waals surface area contributed by atoms with E-state index in [1.165, 1.54) is 12.3 Å². The predicted molar refractivity (Wildman–Crippen MR) is 117 cm³/mol. The van der Waals surface area contributed by atoms with Gasteiger partial charge in [-0.05, 0) is 66.3 Å². The van der Waals surface area contributed by atoms with Crippen LogP contribution in [0.1, 0.15) is 27.5 Å². The summed E-state index contributed by atoms with van der Waals surface area (Å²) >= 11 is 1.16. The van der Waals surface area contributed by atoms with Crippen molar-refractivity contribution in [2.75, 3.05) is 5.32 Å². The van der Waals surface area contributed by atoms with Crippen LogP contribution in [0.5, 0.6) is 0 Å². The van der Waals surface area contributed by atoms with Gasteiger partial charge in [0.05, 0.1) is 10.6 Å². The van der Waals surface area contributed by atoms with E-state index in [4.69, 9.17) is 0 Å². The highest BCUT2D eigenvalue weighted by atomic mass is 32.1. The van der Waals surface area contributed by atoms with Gasteiger partial charge in [-0.25, -0.2) is 18.7 Å². The molecule has 0 bridgehead atoms. The van der Waals surface area contributed by atoms with E-state index in [-0.39, 0.29) is 5.01 Å². The third-order valence-electron chi connectivity index (χ3n) is 5.38. The van der Waals surface area contributed by atoms with Crippen LogP contribution in [0.15, 0.2) is 54.7 Å². The monoisotopic (exact) mass is 451 g/mol. The molecule has 0 unspecified atom stereocenters. The first-order valence-corrected chi connectivity index (χ1v) is 10.8. The van der Waals surface area contributed by atoms with Crippen LogP contribution < -0.4 is 5.32 Å². The van der Waals surface area contributed by atoms with Crippen molar-refractivity contribution in [1.29, 1.82) is 0 Å². The van der Waals surface area contributed by atoms with E-state index >= 15 is 0 Å². The number of nitrogens with zero attached hydrogens (tertiary/aromatic N) is 2. The highest BCUT2D eigenvalue weighted by Crippen LogP contribution is 2.39. The van der Waals surface area contributed by atoms with Gasteiger partial charge in [0.1, 0.15) is 17.3 Å². The second-order valence-corrected chi connectivity index (χ2v) is 8.41. The summed E-state index contributed by atoms with van der Waals surface area (Å²) < 4.78 is 42.1. The third kappa shape index (κ3) is 3.67. The van der Waals surface area contributed by atoms with Crippen molar-refractivity contribution in [2.24, 2.45) is 0 Å². The average molecular weight is 451 g/mol. The highest BCUT2D eigenvalue weighted by molar-refractivity contribution is 7.17. The molecule has 1 aliphatic carbocycles.